The van der Waals surface area contributed by atoms with E-state index in [2.05, 4.69) is 5.32 Å². The second-order valence-electron chi connectivity index (χ2n) is 5.41. The molecular weight excluding hydrogens is 304 g/mol. The summed E-state index contributed by atoms with van der Waals surface area (Å²) in [6.45, 7) is 3.31. The zero-order chi connectivity index (χ0) is 15.4. The number of nitrogens with one attached hydrogen (secondary N) is 1. The van der Waals surface area contributed by atoms with Crippen LogP contribution in [0.3, 0.4) is 0 Å². The maximum atomic E-state index is 12.4. The van der Waals surface area contributed by atoms with Crippen molar-refractivity contribution in [3.63, 3.8) is 0 Å². The van der Waals surface area contributed by atoms with Crippen LogP contribution in [0.25, 0.3) is 0 Å². The van der Waals surface area contributed by atoms with E-state index < -0.39 is 0 Å². The van der Waals surface area contributed by atoms with Crippen LogP contribution >= 0.6 is 12.4 Å². The maximum absolute atomic E-state index is 12.4. The number of carbonyl (C=O) groups excluding carboxylic acids is 2. The van der Waals surface area contributed by atoms with Gasteiger partial charge in [-0.15, -0.1) is 12.4 Å². The van der Waals surface area contributed by atoms with Crippen LogP contribution in [0.1, 0.15) is 29.3 Å². The molecule has 0 aliphatic carbocycles. The van der Waals surface area contributed by atoms with Crippen molar-refractivity contribution >= 4 is 24.1 Å². The summed E-state index contributed by atoms with van der Waals surface area (Å²) in [5, 5.41) is 3.26. The number of amides is 1. The number of halogens is 1. The highest BCUT2D eigenvalue weighted by atomic mass is 35.5. The highest BCUT2D eigenvalue weighted by molar-refractivity contribution is 5.94. The lowest BCUT2D eigenvalue weighted by Crippen LogP contribution is -2.39. The zero-order valence-corrected chi connectivity index (χ0v) is 14.0. The Hall–Kier alpha value is -1.59. The van der Waals surface area contributed by atoms with Crippen molar-refractivity contribution in [2.45, 2.75) is 25.8 Å². The number of hydrogen-bond acceptors (Lipinski definition) is 4. The van der Waals surface area contributed by atoms with Crippen molar-refractivity contribution in [1.82, 2.24) is 10.2 Å². The van der Waals surface area contributed by atoms with Crippen molar-refractivity contribution in [1.29, 1.82) is 0 Å². The topological polar surface area (TPSA) is 58.6 Å². The second kappa shape index (κ2) is 8.15. The standard InChI is InChI=1S/C16H22N2O3.ClH/c1-11(19)12-4-5-15(21-3)13(8-12)9-16(20)18(2)14-6-7-17-10-14;/h4-5,8,14,17H,6-7,9-10H2,1-3H3;1H. The molecule has 0 aromatic heterocycles. The molecular formula is C16H23ClN2O3. The lowest BCUT2D eigenvalue weighted by molar-refractivity contribution is -0.130. The first-order valence-corrected chi connectivity index (χ1v) is 7.17. The van der Waals surface area contributed by atoms with Crippen LogP contribution in [0.15, 0.2) is 18.2 Å². The predicted molar refractivity (Wildman–Crippen MR) is 88.0 cm³/mol. The van der Waals surface area contributed by atoms with Crippen LogP contribution in [0, 0.1) is 0 Å². The molecule has 122 valence electrons. The molecule has 6 heteroatoms. The minimum atomic E-state index is -0.0142. The maximum Gasteiger partial charge on any atom is 0.227 e. The van der Waals surface area contributed by atoms with Crippen LogP contribution in [-0.2, 0) is 11.2 Å². The van der Waals surface area contributed by atoms with E-state index in [4.69, 9.17) is 4.74 Å². The molecule has 2 rings (SSSR count). The summed E-state index contributed by atoms with van der Waals surface area (Å²) >= 11 is 0. The first kappa shape index (κ1) is 18.5. The zero-order valence-electron chi connectivity index (χ0n) is 13.2. The van der Waals surface area contributed by atoms with E-state index >= 15 is 0 Å². The van der Waals surface area contributed by atoms with Gasteiger partial charge in [0.25, 0.3) is 0 Å². The average molecular weight is 327 g/mol. The largest absolute Gasteiger partial charge is 0.496 e. The Morgan fingerprint density at radius 1 is 1.41 bits per heavy atom. The Morgan fingerprint density at radius 2 is 2.14 bits per heavy atom. The first-order valence-electron chi connectivity index (χ1n) is 7.17. The van der Waals surface area contributed by atoms with Gasteiger partial charge in [0, 0.05) is 30.8 Å². The smallest absolute Gasteiger partial charge is 0.227 e. The molecule has 5 nitrogen and oxygen atoms in total. The van der Waals surface area contributed by atoms with E-state index in [1.165, 1.54) is 6.92 Å². The molecule has 0 spiro atoms. The van der Waals surface area contributed by atoms with Crippen molar-refractivity contribution in [3.8, 4) is 5.75 Å². The van der Waals surface area contributed by atoms with Gasteiger partial charge in [-0.1, -0.05) is 0 Å². The van der Waals surface area contributed by atoms with Gasteiger partial charge in [0.2, 0.25) is 5.91 Å². The number of methoxy groups -OCH3 is 1. The molecule has 0 saturated carbocycles. The normalized spacial score (nSPS) is 16.8. The summed E-state index contributed by atoms with van der Waals surface area (Å²) in [5.41, 5.74) is 1.36. The number of Topliss-reactive ketones (excluding diaryl/α,β-unsaturated/α-hetero) is 1. The molecule has 0 bridgehead atoms. The van der Waals surface area contributed by atoms with E-state index in [1.807, 2.05) is 7.05 Å². The number of carbonyl (C=O) groups is 2. The van der Waals surface area contributed by atoms with Crippen LogP contribution in [0.4, 0.5) is 0 Å². The van der Waals surface area contributed by atoms with Crippen LogP contribution < -0.4 is 10.1 Å². The molecule has 1 saturated heterocycles. The summed E-state index contributed by atoms with van der Waals surface area (Å²) in [5.74, 6) is 0.675. The van der Waals surface area contributed by atoms with E-state index in [0.29, 0.717) is 11.3 Å². The molecule has 1 unspecified atom stereocenters. The summed E-state index contributed by atoms with van der Waals surface area (Å²) in [6.07, 6.45) is 1.23. The van der Waals surface area contributed by atoms with Crippen LogP contribution in [-0.4, -0.2) is 49.9 Å². The molecule has 22 heavy (non-hydrogen) atoms. The van der Waals surface area contributed by atoms with E-state index in [9.17, 15) is 9.59 Å². The number of nitrogens with zero attached hydrogens (tertiary/aromatic N) is 1. The van der Waals surface area contributed by atoms with Gasteiger partial charge in [-0.25, -0.2) is 0 Å². The third-order valence-electron chi connectivity index (χ3n) is 4.00. The van der Waals surface area contributed by atoms with Crippen molar-refractivity contribution in [2.24, 2.45) is 0 Å². The van der Waals surface area contributed by atoms with Gasteiger partial charge < -0.3 is 15.0 Å². The van der Waals surface area contributed by atoms with E-state index in [-0.39, 0.29) is 36.6 Å². The van der Waals surface area contributed by atoms with Crippen LogP contribution in [0.2, 0.25) is 0 Å². The minimum Gasteiger partial charge on any atom is -0.496 e. The molecule has 1 aliphatic rings. The highest BCUT2D eigenvalue weighted by Crippen LogP contribution is 2.22. The van der Waals surface area contributed by atoms with E-state index in [0.717, 1.165) is 25.1 Å². The van der Waals surface area contributed by atoms with Crippen LogP contribution in [0.5, 0.6) is 5.75 Å². The summed E-state index contributed by atoms with van der Waals surface area (Å²) in [7, 11) is 3.41. The fourth-order valence-corrected chi connectivity index (χ4v) is 2.60. The minimum absolute atomic E-state index is 0. The molecule has 0 radical (unpaired) electrons. The predicted octanol–water partition coefficient (Wildman–Crippen LogP) is 1.68. The van der Waals surface area contributed by atoms with Crippen molar-refractivity contribution in [3.05, 3.63) is 29.3 Å². The quantitative estimate of drug-likeness (QED) is 0.836. The number of ether oxygens (including phenoxy) is 1. The molecule has 1 aliphatic heterocycles. The lowest BCUT2D eigenvalue weighted by Gasteiger charge is -2.24. The Kier molecular flexibility index (Phi) is 6.84. The monoisotopic (exact) mass is 326 g/mol. The van der Waals surface area contributed by atoms with Gasteiger partial charge in [0.1, 0.15) is 5.75 Å². The Bertz CT molecular complexity index is 542. The van der Waals surface area contributed by atoms with Gasteiger partial charge in [-0.3, -0.25) is 9.59 Å². The van der Waals surface area contributed by atoms with E-state index in [1.54, 1.807) is 30.2 Å². The van der Waals surface area contributed by atoms with Gasteiger partial charge in [-0.2, -0.15) is 0 Å². The fourth-order valence-electron chi connectivity index (χ4n) is 2.60. The number of ketones is 1. The molecule has 1 fully saturated rings. The third-order valence-corrected chi connectivity index (χ3v) is 4.00. The lowest BCUT2D eigenvalue weighted by atomic mass is 10.0. The van der Waals surface area contributed by atoms with Crippen molar-refractivity contribution in [2.75, 3.05) is 27.2 Å². The fraction of sp³-hybridized carbons (Fsp3) is 0.500. The number of hydrogen-bond donors (Lipinski definition) is 1. The summed E-state index contributed by atoms with van der Waals surface area (Å²) in [4.78, 5) is 25.7. The molecule has 1 N–H and O–H groups in total. The average Bonchev–Trinajstić information content (AvgIpc) is 3.00. The SMILES string of the molecule is COc1ccc(C(C)=O)cc1CC(=O)N(C)C1CCNC1.Cl. The number of benzene rings is 1. The summed E-state index contributed by atoms with van der Waals surface area (Å²) < 4.78 is 5.29. The molecule has 1 aromatic carbocycles. The Balaban J connectivity index is 0.00000242. The molecule has 1 aromatic rings. The van der Waals surface area contributed by atoms with Crippen molar-refractivity contribution < 1.29 is 14.3 Å². The third kappa shape index (κ3) is 4.21. The van der Waals surface area contributed by atoms with Gasteiger partial charge in [0.05, 0.1) is 13.5 Å². The Labute approximate surface area is 137 Å². The number of rotatable bonds is 5. The first-order chi connectivity index (χ1) is 10.0. The molecule has 1 atom stereocenters. The molecule has 1 amide bonds. The van der Waals surface area contributed by atoms with Gasteiger partial charge in [0.15, 0.2) is 5.78 Å². The van der Waals surface area contributed by atoms with Gasteiger partial charge in [-0.05, 0) is 38.1 Å². The summed E-state index contributed by atoms with van der Waals surface area (Å²) in [6, 6.07) is 5.47. The van der Waals surface area contributed by atoms with Gasteiger partial charge >= 0.3 is 0 Å². The molecule has 1 heterocycles. The second-order valence-corrected chi connectivity index (χ2v) is 5.41. The Morgan fingerprint density at radius 3 is 2.68 bits per heavy atom. The number of likely N-dealkylation sites (N-methyl/N-ethyl adjacent to an activating group) is 1. The highest BCUT2D eigenvalue weighted by Gasteiger charge is 2.24.